The number of unbranched alkanes of at least 4 members (excludes halogenated alkanes) is 1. The highest BCUT2D eigenvalue weighted by atomic mass is 19.4. The molecule has 1 aliphatic carbocycles. The standard InChI is InChI=1S/C17H22F3N5O/c1-3-4-8-24-11(2)9-14(22-24)21-15(26)10-25-13-7-5-6-12(13)16(23-25)17(18,19)20/h9H,3-8,10H2,1-2H3,(H,21,22,26). The summed E-state index contributed by atoms with van der Waals surface area (Å²) in [5, 5.41) is 10.6. The molecule has 0 bridgehead atoms. The third-order valence-electron chi connectivity index (χ3n) is 4.54. The van der Waals surface area contributed by atoms with Crippen LogP contribution in [0.2, 0.25) is 0 Å². The lowest BCUT2D eigenvalue weighted by molar-refractivity contribution is -0.142. The van der Waals surface area contributed by atoms with Crippen molar-refractivity contribution in [3.8, 4) is 0 Å². The highest BCUT2D eigenvalue weighted by Crippen LogP contribution is 2.36. The lowest BCUT2D eigenvalue weighted by atomic mass is 10.2. The lowest BCUT2D eigenvalue weighted by Gasteiger charge is -2.06. The maximum Gasteiger partial charge on any atom is 0.435 e. The Morgan fingerprint density at radius 2 is 2.04 bits per heavy atom. The first-order chi connectivity index (χ1) is 12.3. The molecule has 0 fully saturated rings. The van der Waals surface area contributed by atoms with Gasteiger partial charge in [-0.25, -0.2) is 0 Å². The molecule has 2 aromatic rings. The van der Waals surface area contributed by atoms with Crippen molar-refractivity contribution in [3.63, 3.8) is 0 Å². The van der Waals surface area contributed by atoms with Crippen LogP contribution in [0.5, 0.6) is 0 Å². The van der Waals surface area contributed by atoms with Crippen LogP contribution in [0.1, 0.15) is 48.8 Å². The average molecular weight is 369 g/mol. The third kappa shape index (κ3) is 3.76. The highest BCUT2D eigenvalue weighted by Gasteiger charge is 2.40. The summed E-state index contributed by atoms with van der Waals surface area (Å²) < 4.78 is 42.3. The first-order valence-corrected chi connectivity index (χ1v) is 8.79. The van der Waals surface area contributed by atoms with Crippen LogP contribution in [0, 0.1) is 6.92 Å². The zero-order valence-corrected chi connectivity index (χ0v) is 14.9. The van der Waals surface area contributed by atoms with Gasteiger partial charge in [0, 0.05) is 29.6 Å². The van der Waals surface area contributed by atoms with Crippen LogP contribution < -0.4 is 5.32 Å². The maximum atomic E-state index is 13.1. The fourth-order valence-corrected chi connectivity index (χ4v) is 3.29. The molecule has 2 aromatic heterocycles. The largest absolute Gasteiger partial charge is 0.435 e. The van der Waals surface area contributed by atoms with Crippen molar-refractivity contribution in [1.82, 2.24) is 19.6 Å². The van der Waals surface area contributed by atoms with Crippen molar-refractivity contribution < 1.29 is 18.0 Å². The molecule has 0 unspecified atom stereocenters. The summed E-state index contributed by atoms with van der Waals surface area (Å²) in [6.07, 6.45) is -0.962. The van der Waals surface area contributed by atoms with Gasteiger partial charge in [-0.2, -0.15) is 23.4 Å². The van der Waals surface area contributed by atoms with Gasteiger partial charge < -0.3 is 5.32 Å². The SMILES string of the molecule is CCCCn1nc(NC(=O)Cn2nc(C(F)(F)F)c3c2CCC3)cc1C. The number of amides is 1. The van der Waals surface area contributed by atoms with E-state index in [2.05, 4.69) is 22.4 Å². The molecule has 1 amide bonds. The molecular weight excluding hydrogens is 347 g/mol. The van der Waals surface area contributed by atoms with Crippen LogP contribution >= 0.6 is 0 Å². The smallest absolute Gasteiger partial charge is 0.308 e. The molecule has 26 heavy (non-hydrogen) atoms. The van der Waals surface area contributed by atoms with Gasteiger partial charge in [-0.15, -0.1) is 0 Å². The van der Waals surface area contributed by atoms with E-state index in [1.54, 1.807) is 6.07 Å². The number of aromatic nitrogens is 4. The van der Waals surface area contributed by atoms with E-state index in [1.165, 1.54) is 4.68 Å². The number of nitrogens with zero attached hydrogens (tertiary/aromatic N) is 4. The summed E-state index contributed by atoms with van der Waals surface area (Å²) in [5.74, 6) is -0.0282. The number of carbonyl (C=O) groups is 1. The predicted molar refractivity (Wildman–Crippen MR) is 89.8 cm³/mol. The van der Waals surface area contributed by atoms with Gasteiger partial charge in [0.15, 0.2) is 11.5 Å². The second-order valence-corrected chi connectivity index (χ2v) is 6.58. The second-order valence-electron chi connectivity index (χ2n) is 6.58. The van der Waals surface area contributed by atoms with Crippen molar-refractivity contribution in [2.75, 3.05) is 5.32 Å². The maximum absolute atomic E-state index is 13.1. The van der Waals surface area contributed by atoms with E-state index in [1.807, 2.05) is 11.6 Å². The molecule has 0 aliphatic heterocycles. The molecule has 1 aliphatic rings. The van der Waals surface area contributed by atoms with Gasteiger partial charge in [-0.05, 0) is 32.6 Å². The zero-order chi connectivity index (χ0) is 18.9. The molecule has 9 heteroatoms. The van der Waals surface area contributed by atoms with Crippen LogP contribution in [0.15, 0.2) is 6.07 Å². The molecule has 3 rings (SSSR count). The van der Waals surface area contributed by atoms with Gasteiger partial charge in [0.25, 0.3) is 0 Å². The summed E-state index contributed by atoms with van der Waals surface area (Å²) in [6.45, 7) is 4.49. The fraction of sp³-hybridized carbons (Fsp3) is 0.588. The Balaban J connectivity index is 1.71. The Morgan fingerprint density at radius 3 is 2.73 bits per heavy atom. The van der Waals surface area contributed by atoms with Crippen molar-refractivity contribution in [3.05, 3.63) is 28.7 Å². The van der Waals surface area contributed by atoms with E-state index >= 15 is 0 Å². The Bertz CT molecular complexity index is 806. The summed E-state index contributed by atoms with van der Waals surface area (Å²) in [6, 6.07) is 1.75. The van der Waals surface area contributed by atoms with Gasteiger partial charge in [-0.3, -0.25) is 14.2 Å². The molecule has 142 valence electrons. The van der Waals surface area contributed by atoms with Crippen LogP contribution in [0.4, 0.5) is 19.0 Å². The zero-order valence-electron chi connectivity index (χ0n) is 14.9. The number of anilines is 1. The van der Waals surface area contributed by atoms with Gasteiger partial charge in [0.05, 0.1) is 0 Å². The second kappa shape index (κ2) is 7.13. The molecule has 2 heterocycles. The number of aryl methyl sites for hydroxylation is 2. The number of hydrogen-bond donors (Lipinski definition) is 1. The van der Waals surface area contributed by atoms with Crippen LogP contribution in [-0.2, 0) is 36.9 Å². The van der Waals surface area contributed by atoms with E-state index in [0.717, 1.165) is 25.1 Å². The minimum atomic E-state index is -4.49. The average Bonchev–Trinajstić information content (AvgIpc) is 3.21. The third-order valence-corrected chi connectivity index (χ3v) is 4.54. The van der Waals surface area contributed by atoms with Crippen LogP contribution in [-0.4, -0.2) is 25.5 Å². The molecule has 0 saturated carbocycles. The lowest BCUT2D eigenvalue weighted by Crippen LogP contribution is -2.21. The number of hydrogen-bond acceptors (Lipinski definition) is 3. The first kappa shape index (κ1) is 18.5. The van der Waals surface area contributed by atoms with Gasteiger partial charge in [-0.1, -0.05) is 13.3 Å². The van der Waals surface area contributed by atoms with Crippen molar-refractivity contribution in [1.29, 1.82) is 0 Å². The number of alkyl halides is 3. The Labute approximate surface area is 149 Å². The van der Waals surface area contributed by atoms with E-state index < -0.39 is 17.8 Å². The summed E-state index contributed by atoms with van der Waals surface area (Å²) in [4.78, 5) is 12.3. The van der Waals surface area contributed by atoms with Gasteiger partial charge in [0.1, 0.15) is 6.54 Å². The summed E-state index contributed by atoms with van der Waals surface area (Å²) in [5.41, 5.74) is 0.799. The highest BCUT2D eigenvalue weighted by molar-refractivity contribution is 5.89. The Morgan fingerprint density at radius 1 is 1.27 bits per heavy atom. The number of fused-ring (bicyclic) bond motifs is 1. The van der Waals surface area contributed by atoms with E-state index in [9.17, 15) is 18.0 Å². The molecule has 1 N–H and O–H groups in total. The van der Waals surface area contributed by atoms with Crippen molar-refractivity contribution in [2.45, 2.75) is 65.2 Å². The monoisotopic (exact) mass is 369 g/mol. The molecule has 0 atom stereocenters. The number of nitrogens with one attached hydrogen (secondary N) is 1. The Hall–Kier alpha value is -2.32. The van der Waals surface area contributed by atoms with Gasteiger partial charge >= 0.3 is 6.18 Å². The van der Waals surface area contributed by atoms with Crippen molar-refractivity contribution in [2.24, 2.45) is 0 Å². The quantitative estimate of drug-likeness (QED) is 0.849. The van der Waals surface area contributed by atoms with E-state index in [0.29, 0.717) is 30.8 Å². The molecule has 0 aromatic carbocycles. The first-order valence-electron chi connectivity index (χ1n) is 8.79. The fourth-order valence-electron chi connectivity index (χ4n) is 3.29. The molecule has 6 nitrogen and oxygen atoms in total. The van der Waals surface area contributed by atoms with E-state index in [-0.39, 0.29) is 12.1 Å². The normalized spacial score (nSPS) is 13.9. The van der Waals surface area contributed by atoms with Crippen molar-refractivity contribution >= 4 is 11.7 Å². The predicted octanol–water partition coefficient (Wildman–Crippen LogP) is 3.33. The summed E-state index contributed by atoms with van der Waals surface area (Å²) >= 11 is 0. The minimum Gasteiger partial charge on any atom is -0.308 e. The molecular formula is C17H22F3N5O. The number of carbonyl (C=O) groups excluding carboxylic acids is 1. The molecule has 0 radical (unpaired) electrons. The van der Waals surface area contributed by atoms with Gasteiger partial charge in [0.2, 0.25) is 5.91 Å². The Kier molecular flexibility index (Phi) is 5.06. The number of rotatable bonds is 6. The minimum absolute atomic E-state index is 0.227. The molecule has 0 spiro atoms. The van der Waals surface area contributed by atoms with Crippen LogP contribution in [0.25, 0.3) is 0 Å². The topological polar surface area (TPSA) is 64.7 Å². The molecule has 0 saturated heterocycles. The van der Waals surface area contributed by atoms with E-state index in [4.69, 9.17) is 0 Å². The van der Waals surface area contributed by atoms with Crippen LogP contribution in [0.3, 0.4) is 0 Å². The summed E-state index contributed by atoms with van der Waals surface area (Å²) in [7, 11) is 0. The number of halogens is 3.